The lowest BCUT2D eigenvalue weighted by Crippen LogP contribution is -2.33. The Morgan fingerprint density at radius 1 is 0.613 bits per heavy atom. The van der Waals surface area contributed by atoms with Crippen molar-refractivity contribution in [2.75, 3.05) is 14.2 Å². The smallest absolute Gasteiger partial charge is 0.307 e. The number of aryl methyl sites for hydroxylation is 2. The van der Waals surface area contributed by atoms with E-state index >= 15 is 4.39 Å². The van der Waals surface area contributed by atoms with E-state index in [1.54, 1.807) is 71.9 Å². The van der Waals surface area contributed by atoms with Crippen LogP contribution in [-0.2, 0) is 65.0 Å². The highest BCUT2D eigenvalue weighted by Gasteiger charge is 2.31. The topological polar surface area (TPSA) is 245 Å². The summed E-state index contributed by atoms with van der Waals surface area (Å²) >= 11 is 0. The molecule has 0 bridgehead atoms. The second-order valence-corrected chi connectivity index (χ2v) is 22.7. The van der Waals surface area contributed by atoms with E-state index in [-0.39, 0.29) is 43.5 Å². The molecule has 404 valence electrons. The van der Waals surface area contributed by atoms with Gasteiger partial charge in [0.25, 0.3) is 10.0 Å². The summed E-state index contributed by atoms with van der Waals surface area (Å²) in [7, 11) is -5.13. The number of hydrogen-bond donors (Lipinski definition) is 5. The van der Waals surface area contributed by atoms with Crippen molar-refractivity contribution in [2.24, 2.45) is 5.14 Å². The molecule has 0 aliphatic heterocycles. The van der Waals surface area contributed by atoms with E-state index in [0.29, 0.717) is 44.8 Å². The van der Waals surface area contributed by atoms with Gasteiger partial charge in [-0.15, -0.1) is 0 Å². The largest absolute Gasteiger partial charge is 0.481 e. The summed E-state index contributed by atoms with van der Waals surface area (Å²) in [5.74, 6) is -2.87. The Balaban J connectivity index is 0.000000271. The van der Waals surface area contributed by atoms with Crippen LogP contribution in [0.15, 0.2) is 107 Å². The van der Waals surface area contributed by atoms with Crippen LogP contribution in [0.25, 0.3) is 22.3 Å². The van der Waals surface area contributed by atoms with Crippen LogP contribution >= 0.6 is 0 Å². The number of hydrogen-bond acceptors (Lipinski definition) is 12. The fourth-order valence-corrected chi connectivity index (χ4v) is 9.82. The van der Waals surface area contributed by atoms with E-state index in [2.05, 4.69) is 9.97 Å². The number of alkyl halides is 2. The van der Waals surface area contributed by atoms with Crippen LogP contribution in [0.4, 0.5) is 17.6 Å². The molecule has 0 saturated carbocycles. The van der Waals surface area contributed by atoms with Crippen molar-refractivity contribution in [1.29, 1.82) is 0 Å². The average Bonchev–Trinajstić information content (AvgIpc) is 3.28. The molecule has 0 aliphatic rings. The summed E-state index contributed by atoms with van der Waals surface area (Å²) in [5, 5.41) is 34.1. The molecule has 0 saturated heterocycles. The molecule has 15 nitrogen and oxygen atoms in total. The number of carbonyl (C=O) groups excluding carboxylic acids is 1. The lowest BCUT2D eigenvalue weighted by atomic mass is 9.87. The minimum atomic E-state index is -4.30. The van der Waals surface area contributed by atoms with E-state index in [0.717, 1.165) is 18.2 Å². The molecule has 0 atom stereocenters. The Hall–Kier alpha value is -6.78. The number of nitrogens with one attached hydrogen (secondary N) is 1. The second-order valence-electron chi connectivity index (χ2n) is 19.5. The van der Waals surface area contributed by atoms with Crippen molar-refractivity contribution in [3.05, 3.63) is 153 Å². The number of ether oxygens (including phenoxy) is 2. The predicted octanol–water partition coefficient (Wildman–Crippen LogP) is 9.28. The third kappa shape index (κ3) is 16.4. The van der Waals surface area contributed by atoms with Crippen molar-refractivity contribution >= 4 is 31.9 Å². The number of benzene rings is 4. The molecule has 0 spiro atoms. The number of rotatable bonds is 15. The summed E-state index contributed by atoms with van der Waals surface area (Å²) in [4.78, 5) is 32.1. The molecule has 6 N–H and O–H groups in total. The Labute approximate surface area is 434 Å². The summed E-state index contributed by atoms with van der Waals surface area (Å²) in [6.45, 7) is 14.6. The van der Waals surface area contributed by atoms with Crippen molar-refractivity contribution in [3.8, 4) is 34.0 Å². The van der Waals surface area contributed by atoms with Gasteiger partial charge in [0.2, 0.25) is 27.7 Å². The van der Waals surface area contributed by atoms with Gasteiger partial charge in [-0.25, -0.2) is 54.2 Å². The maximum absolute atomic E-state index is 15.2. The van der Waals surface area contributed by atoms with Gasteiger partial charge in [0, 0.05) is 24.5 Å². The van der Waals surface area contributed by atoms with Crippen LogP contribution in [0.1, 0.15) is 99.9 Å². The molecule has 2 aromatic heterocycles. The molecule has 4 aromatic carbocycles. The summed E-state index contributed by atoms with van der Waals surface area (Å²) < 4.78 is 119. The van der Waals surface area contributed by atoms with E-state index in [1.807, 2.05) is 4.72 Å². The zero-order chi connectivity index (χ0) is 56.8. The predicted molar refractivity (Wildman–Crippen MR) is 275 cm³/mol. The van der Waals surface area contributed by atoms with E-state index in [1.165, 1.54) is 90.7 Å². The number of amides is 1. The number of carbonyl (C=O) groups is 2. The molecule has 75 heavy (non-hydrogen) atoms. The van der Waals surface area contributed by atoms with Crippen molar-refractivity contribution in [2.45, 2.75) is 114 Å². The number of carboxylic acid groups (broad SMARTS) is 1. The lowest BCUT2D eigenvalue weighted by Gasteiger charge is -2.23. The summed E-state index contributed by atoms with van der Waals surface area (Å²) in [5.41, 5.74) is -2.29. The third-order valence-corrected chi connectivity index (χ3v) is 14.1. The first-order valence-corrected chi connectivity index (χ1v) is 25.9. The van der Waals surface area contributed by atoms with Gasteiger partial charge < -0.3 is 24.8 Å². The Morgan fingerprint density at radius 3 is 1.33 bits per heavy atom. The number of aliphatic carboxylic acids is 1. The number of primary sulfonamides is 1. The third-order valence-electron chi connectivity index (χ3n) is 11.5. The van der Waals surface area contributed by atoms with Gasteiger partial charge in [0.05, 0.1) is 48.1 Å². The quantitative estimate of drug-likeness (QED) is 0.0603. The zero-order valence-electron chi connectivity index (χ0n) is 43.6. The van der Waals surface area contributed by atoms with Gasteiger partial charge in [-0.2, -0.15) is 0 Å². The fraction of sp³-hybridized carbons (Fsp3) is 0.333. The van der Waals surface area contributed by atoms with Crippen LogP contribution in [-0.4, -0.2) is 68.2 Å². The van der Waals surface area contributed by atoms with Crippen LogP contribution in [0.2, 0.25) is 0 Å². The molecule has 0 unspecified atom stereocenters. The van der Waals surface area contributed by atoms with E-state index in [9.17, 15) is 49.8 Å². The highest BCUT2D eigenvalue weighted by Crippen LogP contribution is 2.38. The van der Waals surface area contributed by atoms with E-state index < -0.39 is 78.9 Å². The molecule has 0 aliphatic carbocycles. The number of aliphatic hydroxyl groups is 2. The van der Waals surface area contributed by atoms with Crippen LogP contribution in [0.5, 0.6) is 11.8 Å². The number of halogens is 4. The number of carboxylic acids is 1. The number of pyridine rings is 2. The van der Waals surface area contributed by atoms with Crippen LogP contribution in [0, 0.1) is 25.5 Å². The SMILES string of the molecule is COc1cc(-c2cc(F)cc(C(C)(C)F)c2CC(=O)NS(=O)(=O)c2ccc(C(C)(C)O)cc2C)ccn1.COc1cc(-c2cc(F)cc(C(C)(C)F)c2CC(=O)O)ccn1.Cc1cc(C(C)(C)O)ccc1S(N)(=O)=O. The first-order chi connectivity index (χ1) is 34.4. The van der Waals surface area contributed by atoms with Gasteiger partial charge >= 0.3 is 5.97 Å². The first-order valence-electron chi connectivity index (χ1n) is 22.9. The number of nitrogens with two attached hydrogens (primary N) is 1. The minimum Gasteiger partial charge on any atom is -0.481 e. The molecular weight excluding hydrogens is 1020 g/mol. The molecule has 6 aromatic rings. The molecule has 0 fully saturated rings. The van der Waals surface area contributed by atoms with E-state index in [4.69, 9.17) is 19.7 Å². The lowest BCUT2D eigenvalue weighted by molar-refractivity contribution is -0.136. The Morgan fingerprint density at radius 2 is 1.00 bits per heavy atom. The van der Waals surface area contributed by atoms with Crippen molar-refractivity contribution in [1.82, 2.24) is 14.7 Å². The normalized spacial score (nSPS) is 12.1. The van der Waals surface area contributed by atoms with Crippen LogP contribution < -0.4 is 19.3 Å². The first kappa shape index (κ1) is 60.8. The number of aromatic nitrogens is 2. The molecular formula is C54H62F4N4O11S2. The van der Waals surface area contributed by atoms with Crippen LogP contribution in [0.3, 0.4) is 0 Å². The number of methoxy groups -OCH3 is 2. The molecule has 2 heterocycles. The summed E-state index contributed by atoms with van der Waals surface area (Å²) in [6, 6.07) is 19.5. The molecule has 0 radical (unpaired) electrons. The molecule has 21 heteroatoms. The monoisotopic (exact) mass is 1080 g/mol. The van der Waals surface area contributed by atoms with Gasteiger partial charge in [-0.3, -0.25) is 9.59 Å². The number of nitrogens with zero attached hydrogens (tertiary/aromatic N) is 2. The highest BCUT2D eigenvalue weighted by molar-refractivity contribution is 7.90. The number of sulfonamides is 2. The van der Waals surface area contributed by atoms with Gasteiger partial charge in [-0.1, -0.05) is 24.3 Å². The standard InChI is InChI=1S/C27H30F2N2O5S.C17H17F2NO3.C10H15NO3S/c1-16-11-18(27(4,5)33)7-8-23(16)37(34,35)31-24(32)15-21-20(17-9-10-30-25(12-17)36-6)13-19(28)14-22(21)26(2,3)29;1-17(2,19)14-8-11(18)7-12(13(14)9-16(21)22)10-4-5-20-15(6-10)23-3;1-7-6-8(10(2,3)12)4-5-9(7)15(11,13)14/h7-14,33H,15H2,1-6H3,(H,31,32);4-8H,9H2,1-3H3,(H,21,22);4-6,12H,1-3H3,(H2,11,13,14). The maximum Gasteiger partial charge on any atom is 0.307 e. The second kappa shape index (κ2) is 23.4. The molecule has 6 rings (SSSR count). The maximum atomic E-state index is 15.2. The summed E-state index contributed by atoms with van der Waals surface area (Å²) in [6.07, 6.45) is 1.93. The highest BCUT2D eigenvalue weighted by atomic mass is 32.2. The Kier molecular flexibility index (Phi) is 19.0. The van der Waals surface area contributed by atoms with Gasteiger partial charge in [0.15, 0.2) is 0 Å². The van der Waals surface area contributed by atoms with Gasteiger partial charge in [-0.05, 0) is 185 Å². The van der Waals surface area contributed by atoms with Gasteiger partial charge in [0.1, 0.15) is 23.0 Å². The minimum absolute atomic E-state index is 0.0191. The fourth-order valence-electron chi connectivity index (χ4n) is 7.84. The van der Waals surface area contributed by atoms with Crippen molar-refractivity contribution < 1.29 is 68.8 Å². The van der Waals surface area contributed by atoms with Crippen molar-refractivity contribution in [3.63, 3.8) is 0 Å². The zero-order valence-corrected chi connectivity index (χ0v) is 45.2. The average molecular weight is 1080 g/mol. The Bertz CT molecular complexity index is 3310. The molecule has 1 amide bonds.